The highest BCUT2D eigenvalue weighted by Crippen LogP contribution is 2.47. The number of ether oxygens (including phenoxy) is 2. The average Bonchev–Trinajstić information content (AvgIpc) is 3.46. The van der Waals surface area contributed by atoms with Gasteiger partial charge in [0.15, 0.2) is 0 Å². The summed E-state index contributed by atoms with van der Waals surface area (Å²) in [4.78, 5) is 30.1. The predicted molar refractivity (Wildman–Crippen MR) is 206 cm³/mol. The van der Waals surface area contributed by atoms with E-state index in [2.05, 4.69) is 51.6 Å². The van der Waals surface area contributed by atoms with Gasteiger partial charge < -0.3 is 14.4 Å². The van der Waals surface area contributed by atoms with Crippen LogP contribution in [0.15, 0.2) is 65.2 Å². The van der Waals surface area contributed by atoms with Crippen LogP contribution in [-0.2, 0) is 44.6 Å². The van der Waals surface area contributed by atoms with Crippen molar-refractivity contribution in [3.05, 3.63) is 88.8 Å². The SMILES string of the molecule is CO[C@H]1/C=C/C[C@H](C)[C@@H](C)[S@](=O)(CC(=O)CCc2ccnn2C)=NC(=O)c2ccc3c(c2)N(C[C@@H]2CC[C@H]21)C[C@@]1(CCCc2cc(C)ccc21)CO3. The Morgan fingerprint density at radius 3 is 2.73 bits per heavy atom. The van der Waals surface area contributed by atoms with Gasteiger partial charge in [0.05, 0.1) is 33.9 Å². The number of aromatic nitrogens is 2. The molecule has 3 heterocycles. The zero-order chi connectivity index (χ0) is 36.6. The van der Waals surface area contributed by atoms with Crippen molar-refractivity contribution < 1.29 is 23.3 Å². The molecule has 2 aliphatic carbocycles. The Labute approximate surface area is 309 Å². The minimum Gasteiger partial charge on any atom is -0.490 e. The van der Waals surface area contributed by atoms with Gasteiger partial charge in [-0.15, -0.1) is 0 Å². The number of fused-ring (bicyclic) bond motifs is 4. The number of hydrogen-bond acceptors (Lipinski definition) is 7. The summed E-state index contributed by atoms with van der Waals surface area (Å²) in [6, 6.07) is 14.3. The van der Waals surface area contributed by atoms with E-state index in [1.165, 1.54) is 16.7 Å². The number of methoxy groups -OCH3 is 1. The van der Waals surface area contributed by atoms with Crippen LogP contribution in [0.3, 0.4) is 0 Å². The summed E-state index contributed by atoms with van der Waals surface area (Å²) in [5, 5.41) is 3.70. The monoisotopic (exact) mass is 726 g/mol. The fourth-order valence-electron chi connectivity index (χ4n) is 8.98. The first-order valence-corrected chi connectivity index (χ1v) is 20.8. The van der Waals surface area contributed by atoms with Gasteiger partial charge in [-0.2, -0.15) is 9.46 Å². The van der Waals surface area contributed by atoms with Crippen LogP contribution in [0.25, 0.3) is 0 Å². The first kappa shape index (κ1) is 36.6. The molecule has 2 bridgehead atoms. The Bertz CT molecular complexity index is 1980. The molecular weight excluding hydrogens is 673 g/mol. The molecule has 10 heteroatoms. The second-order valence-electron chi connectivity index (χ2n) is 15.9. The maximum Gasteiger partial charge on any atom is 0.285 e. The molecule has 0 unspecified atom stereocenters. The molecule has 1 saturated carbocycles. The lowest BCUT2D eigenvalue weighted by atomic mass is 9.68. The highest BCUT2D eigenvalue weighted by atomic mass is 32.2. The zero-order valence-corrected chi connectivity index (χ0v) is 32.2. The van der Waals surface area contributed by atoms with Gasteiger partial charge in [0, 0.05) is 61.8 Å². The number of anilines is 1. The van der Waals surface area contributed by atoms with Crippen molar-refractivity contribution in [2.75, 3.05) is 37.5 Å². The molecule has 52 heavy (non-hydrogen) atoms. The minimum atomic E-state index is -3.28. The van der Waals surface area contributed by atoms with Crippen molar-refractivity contribution in [3.63, 3.8) is 0 Å². The standard InChI is InChI=1S/C42H54N4O5S/c1-28-11-17-37-31(22-28)9-7-20-42(37)26-46-24-33-12-16-36(33)39(50-5)10-6-8-29(2)30(3)52(49,25-35(47)15-14-34-19-21-43-45(34)4)44-41(48)32-13-18-40(51-27-42)38(46)23-32/h6,10-11,13,17-19,21-23,29-30,33,36,39H,7-9,12,14-16,20,24-27H2,1-5H3/b10-6+/t29-,30+,33-,36+,39-,42-,52+/m0/s1. The Morgan fingerprint density at radius 1 is 1.13 bits per heavy atom. The third-order valence-electron chi connectivity index (χ3n) is 12.5. The van der Waals surface area contributed by atoms with Crippen molar-refractivity contribution in [2.45, 2.75) is 88.9 Å². The second kappa shape index (κ2) is 14.9. The van der Waals surface area contributed by atoms with Crippen molar-refractivity contribution in [1.82, 2.24) is 9.78 Å². The van der Waals surface area contributed by atoms with E-state index >= 15 is 0 Å². The number of benzene rings is 2. The van der Waals surface area contributed by atoms with E-state index in [4.69, 9.17) is 9.47 Å². The minimum absolute atomic E-state index is 0.0280. The molecule has 7 atom stereocenters. The molecule has 1 fully saturated rings. The Morgan fingerprint density at radius 2 is 1.98 bits per heavy atom. The van der Waals surface area contributed by atoms with Crippen molar-refractivity contribution in [2.24, 2.45) is 29.2 Å². The Kier molecular flexibility index (Phi) is 10.5. The van der Waals surface area contributed by atoms with Crippen LogP contribution in [0, 0.1) is 24.7 Å². The third kappa shape index (κ3) is 7.25. The number of carbonyl (C=O) groups is 2. The molecule has 3 aromatic rings. The highest BCUT2D eigenvalue weighted by Gasteiger charge is 2.44. The summed E-state index contributed by atoms with van der Waals surface area (Å²) in [6.45, 7) is 8.22. The maximum absolute atomic E-state index is 14.9. The van der Waals surface area contributed by atoms with Crippen LogP contribution in [0.1, 0.15) is 85.1 Å². The lowest BCUT2D eigenvalue weighted by molar-refractivity contribution is -0.116. The van der Waals surface area contributed by atoms with Crippen molar-refractivity contribution in [1.29, 1.82) is 0 Å². The van der Waals surface area contributed by atoms with Gasteiger partial charge in [0.25, 0.3) is 5.91 Å². The molecule has 278 valence electrons. The van der Waals surface area contributed by atoms with Crippen LogP contribution in [0.4, 0.5) is 5.69 Å². The van der Waals surface area contributed by atoms with Crippen LogP contribution < -0.4 is 9.64 Å². The van der Waals surface area contributed by atoms with E-state index in [0.717, 1.165) is 62.3 Å². The zero-order valence-electron chi connectivity index (χ0n) is 31.4. The summed E-state index contributed by atoms with van der Waals surface area (Å²) in [5.41, 5.74) is 6.03. The second-order valence-corrected chi connectivity index (χ2v) is 18.5. The summed E-state index contributed by atoms with van der Waals surface area (Å²) in [7, 11) is 0.355. The lowest BCUT2D eigenvalue weighted by Crippen LogP contribution is -2.49. The molecule has 2 aliphatic heterocycles. The number of allylic oxidation sites excluding steroid dienone is 1. The molecule has 4 aliphatic rings. The molecule has 9 nitrogen and oxygen atoms in total. The van der Waals surface area contributed by atoms with Crippen LogP contribution in [0.2, 0.25) is 0 Å². The van der Waals surface area contributed by atoms with E-state index in [1.807, 2.05) is 39.1 Å². The Hall–Kier alpha value is -3.76. The van der Waals surface area contributed by atoms with Gasteiger partial charge in [0.1, 0.15) is 11.5 Å². The molecule has 1 aromatic heterocycles. The normalized spacial score (nSPS) is 31.0. The number of ketones is 1. The van der Waals surface area contributed by atoms with E-state index in [-0.39, 0.29) is 35.4 Å². The van der Waals surface area contributed by atoms with Gasteiger partial charge in [0.2, 0.25) is 0 Å². The number of Topliss-reactive ketones (excluding diaryl/α,β-unsaturated/α-hetero) is 1. The van der Waals surface area contributed by atoms with E-state index < -0.39 is 20.9 Å². The largest absolute Gasteiger partial charge is 0.490 e. The molecule has 0 N–H and O–H groups in total. The Balaban J connectivity index is 1.28. The predicted octanol–water partition coefficient (Wildman–Crippen LogP) is 7.04. The number of aryl methyl sites for hydroxylation is 4. The highest BCUT2D eigenvalue weighted by molar-refractivity contribution is 7.95. The topological polar surface area (TPSA) is 103 Å². The first-order chi connectivity index (χ1) is 25.0. The lowest BCUT2D eigenvalue weighted by Gasteiger charge is -2.46. The third-order valence-corrected chi connectivity index (χ3v) is 15.3. The van der Waals surface area contributed by atoms with Crippen LogP contribution in [-0.4, -0.2) is 69.6 Å². The van der Waals surface area contributed by atoms with Gasteiger partial charge in [-0.25, -0.2) is 4.21 Å². The van der Waals surface area contributed by atoms with Crippen LogP contribution in [0.5, 0.6) is 5.75 Å². The van der Waals surface area contributed by atoms with Gasteiger partial charge in [-0.1, -0.05) is 42.8 Å². The number of carbonyl (C=O) groups excluding carboxylic acids is 2. The summed E-state index contributed by atoms with van der Waals surface area (Å²) < 4.78 is 34.0. The van der Waals surface area contributed by atoms with E-state index in [0.29, 0.717) is 36.8 Å². The summed E-state index contributed by atoms with van der Waals surface area (Å²) in [6.07, 6.45) is 12.7. The molecule has 0 saturated heterocycles. The van der Waals surface area contributed by atoms with Crippen molar-refractivity contribution >= 4 is 27.1 Å². The smallest absolute Gasteiger partial charge is 0.285 e. The fraction of sp³-hybridized carbons (Fsp3) is 0.548. The van der Waals surface area contributed by atoms with Crippen molar-refractivity contribution in [3.8, 4) is 5.75 Å². The van der Waals surface area contributed by atoms with Gasteiger partial charge in [-0.3, -0.25) is 14.3 Å². The molecule has 1 spiro atoms. The number of amides is 1. The molecule has 2 aromatic carbocycles. The molecular formula is C42H54N4O5S. The first-order valence-electron chi connectivity index (χ1n) is 19.1. The van der Waals surface area contributed by atoms with E-state index in [9.17, 15) is 13.8 Å². The van der Waals surface area contributed by atoms with Gasteiger partial charge >= 0.3 is 0 Å². The molecule has 1 amide bonds. The average molecular weight is 727 g/mol. The van der Waals surface area contributed by atoms with Crippen LogP contribution >= 0.6 is 0 Å². The van der Waals surface area contributed by atoms with Gasteiger partial charge in [-0.05, 0) is 112 Å². The fourth-order valence-corrected chi connectivity index (χ4v) is 11.3. The number of hydrogen-bond donors (Lipinski definition) is 0. The van der Waals surface area contributed by atoms with E-state index in [1.54, 1.807) is 24.1 Å². The molecule has 7 rings (SSSR count). The number of rotatable bonds is 6. The maximum atomic E-state index is 14.9. The summed E-state index contributed by atoms with van der Waals surface area (Å²) >= 11 is 0. The quantitative estimate of drug-likeness (QED) is 0.251. The summed E-state index contributed by atoms with van der Waals surface area (Å²) in [5.74, 6) is 0.473. The number of nitrogens with zero attached hydrogens (tertiary/aromatic N) is 4. The molecule has 0 radical (unpaired) electrons.